The van der Waals surface area contributed by atoms with E-state index in [0.717, 1.165) is 12.8 Å². The van der Waals surface area contributed by atoms with Gasteiger partial charge in [0.2, 0.25) is 0 Å². The molecule has 1 aliphatic rings. The fourth-order valence-corrected chi connectivity index (χ4v) is 2.82. The maximum absolute atomic E-state index is 11.6. The van der Waals surface area contributed by atoms with E-state index in [9.17, 15) is 9.90 Å². The highest BCUT2D eigenvalue weighted by Crippen LogP contribution is 2.33. The maximum atomic E-state index is 11.6. The Morgan fingerprint density at radius 2 is 1.70 bits per heavy atom. The average molecular weight is 279 g/mol. The number of aliphatic carboxylic acids is 1. The van der Waals surface area contributed by atoms with Gasteiger partial charge in [0.1, 0.15) is 5.41 Å². The number of unbranched alkanes of at least 4 members (excludes halogenated alkanes) is 7. The first kappa shape index (κ1) is 17.0. The molecule has 2 atom stereocenters. The molecule has 114 valence electrons. The zero-order chi connectivity index (χ0) is 14.8. The average Bonchev–Trinajstić information content (AvgIpc) is 2.43. The van der Waals surface area contributed by atoms with Crippen molar-refractivity contribution in [3.8, 4) is 0 Å². The Balaban J connectivity index is 2.26. The summed E-state index contributed by atoms with van der Waals surface area (Å²) in [5.74, 6) is -0.798. The lowest BCUT2D eigenvalue weighted by atomic mass is 9.74. The molecule has 3 N–H and O–H groups in total. The molecule has 20 heavy (non-hydrogen) atoms. The van der Waals surface area contributed by atoms with Crippen LogP contribution in [0.3, 0.4) is 0 Å². The predicted octanol–water partition coefficient (Wildman–Crippen LogP) is 4.04. The molecule has 0 bridgehead atoms. The van der Waals surface area contributed by atoms with Crippen LogP contribution in [0.1, 0.15) is 64.7 Å². The van der Waals surface area contributed by atoms with E-state index in [4.69, 9.17) is 5.73 Å². The fourth-order valence-electron chi connectivity index (χ4n) is 2.82. The lowest BCUT2D eigenvalue weighted by Gasteiger charge is -2.32. The molecule has 1 aliphatic carbocycles. The third kappa shape index (κ3) is 4.78. The number of hydrogen-bond donors (Lipinski definition) is 2. The zero-order valence-corrected chi connectivity index (χ0v) is 12.7. The summed E-state index contributed by atoms with van der Waals surface area (Å²) in [6, 6.07) is -0.408. The van der Waals surface area contributed by atoms with Crippen LogP contribution in [-0.2, 0) is 4.79 Å². The van der Waals surface area contributed by atoms with E-state index < -0.39 is 17.4 Å². The van der Waals surface area contributed by atoms with Gasteiger partial charge in [0.25, 0.3) is 0 Å². The molecule has 0 aromatic carbocycles. The van der Waals surface area contributed by atoms with Crippen molar-refractivity contribution in [2.45, 2.75) is 70.8 Å². The van der Waals surface area contributed by atoms with Gasteiger partial charge in [-0.2, -0.15) is 0 Å². The number of carboxylic acids is 1. The van der Waals surface area contributed by atoms with Gasteiger partial charge in [-0.1, -0.05) is 82.6 Å². The van der Waals surface area contributed by atoms with Crippen molar-refractivity contribution >= 4 is 5.97 Å². The summed E-state index contributed by atoms with van der Waals surface area (Å²) in [5, 5.41) is 9.49. The Morgan fingerprint density at radius 3 is 2.25 bits per heavy atom. The Bertz CT molecular complexity index is 349. The lowest BCUT2D eigenvalue weighted by Crippen LogP contribution is -2.46. The quantitative estimate of drug-likeness (QED) is 0.593. The van der Waals surface area contributed by atoms with Crippen LogP contribution < -0.4 is 5.73 Å². The molecule has 0 saturated carbocycles. The van der Waals surface area contributed by atoms with Gasteiger partial charge in [-0.3, -0.25) is 4.79 Å². The molecule has 0 aromatic rings. The molecule has 0 amide bonds. The molecule has 2 unspecified atom stereocenters. The van der Waals surface area contributed by atoms with Crippen molar-refractivity contribution < 1.29 is 9.90 Å². The Labute approximate surface area is 122 Å². The Morgan fingerprint density at radius 1 is 1.10 bits per heavy atom. The molecular weight excluding hydrogens is 250 g/mol. The summed E-state index contributed by atoms with van der Waals surface area (Å²) in [4.78, 5) is 11.6. The molecular formula is C17H29NO2. The first-order valence-electron chi connectivity index (χ1n) is 7.98. The van der Waals surface area contributed by atoms with Crippen molar-refractivity contribution in [2.24, 2.45) is 11.1 Å². The molecule has 3 nitrogen and oxygen atoms in total. The minimum absolute atomic E-state index is 0.408. The van der Waals surface area contributed by atoms with Crippen LogP contribution in [0, 0.1) is 5.41 Å². The van der Waals surface area contributed by atoms with Gasteiger partial charge in [0, 0.05) is 6.04 Å². The summed E-state index contributed by atoms with van der Waals surface area (Å²) in [7, 11) is 0. The van der Waals surface area contributed by atoms with Crippen molar-refractivity contribution in [2.75, 3.05) is 0 Å². The molecule has 0 radical (unpaired) electrons. The van der Waals surface area contributed by atoms with Gasteiger partial charge in [-0.15, -0.1) is 0 Å². The van der Waals surface area contributed by atoms with E-state index in [0.29, 0.717) is 6.42 Å². The van der Waals surface area contributed by atoms with Crippen LogP contribution in [-0.4, -0.2) is 17.1 Å². The number of allylic oxidation sites excluding steroid dienone is 2. The first-order valence-corrected chi connectivity index (χ1v) is 7.98. The molecule has 0 aromatic heterocycles. The second-order valence-electron chi connectivity index (χ2n) is 5.84. The topological polar surface area (TPSA) is 63.3 Å². The highest BCUT2D eigenvalue weighted by molar-refractivity contribution is 5.79. The minimum atomic E-state index is -0.892. The predicted molar refractivity (Wildman–Crippen MR) is 83.6 cm³/mol. The molecule has 0 aliphatic heterocycles. The van der Waals surface area contributed by atoms with E-state index in [1.807, 2.05) is 12.2 Å². The van der Waals surface area contributed by atoms with E-state index in [-0.39, 0.29) is 0 Å². The molecule has 3 heteroatoms. The van der Waals surface area contributed by atoms with Gasteiger partial charge < -0.3 is 10.8 Å². The van der Waals surface area contributed by atoms with Crippen molar-refractivity contribution in [1.29, 1.82) is 0 Å². The fraction of sp³-hybridized carbons (Fsp3) is 0.706. The largest absolute Gasteiger partial charge is 0.481 e. The molecule has 1 rings (SSSR count). The van der Waals surface area contributed by atoms with Crippen LogP contribution in [0.5, 0.6) is 0 Å². The number of carboxylic acid groups (broad SMARTS) is 1. The van der Waals surface area contributed by atoms with Crippen LogP contribution in [0.25, 0.3) is 0 Å². The zero-order valence-electron chi connectivity index (χ0n) is 12.7. The van der Waals surface area contributed by atoms with E-state index in [1.165, 1.54) is 38.5 Å². The van der Waals surface area contributed by atoms with E-state index >= 15 is 0 Å². The maximum Gasteiger partial charge on any atom is 0.315 e. The highest BCUT2D eigenvalue weighted by Gasteiger charge is 2.41. The highest BCUT2D eigenvalue weighted by atomic mass is 16.4. The summed E-state index contributed by atoms with van der Waals surface area (Å²) in [5.41, 5.74) is 5.10. The van der Waals surface area contributed by atoms with Crippen LogP contribution in [0.2, 0.25) is 0 Å². The molecule has 0 heterocycles. The second-order valence-corrected chi connectivity index (χ2v) is 5.84. The van der Waals surface area contributed by atoms with Gasteiger partial charge in [0.05, 0.1) is 0 Å². The normalized spacial score (nSPS) is 25.0. The summed E-state index contributed by atoms with van der Waals surface area (Å²) >= 11 is 0. The Hall–Kier alpha value is -1.09. The van der Waals surface area contributed by atoms with Crippen LogP contribution >= 0.6 is 0 Å². The molecule has 0 fully saturated rings. The van der Waals surface area contributed by atoms with Gasteiger partial charge in [-0.25, -0.2) is 0 Å². The lowest BCUT2D eigenvalue weighted by molar-refractivity contribution is -0.147. The van der Waals surface area contributed by atoms with Gasteiger partial charge in [-0.05, 0) is 6.42 Å². The monoisotopic (exact) mass is 279 g/mol. The van der Waals surface area contributed by atoms with Gasteiger partial charge >= 0.3 is 5.97 Å². The van der Waals surface area contributed by atoms with Crippen molar-refractivity contribution in [3.05, 3.63) is 24.3 Å². The number of rotatable bonds is 10. The molecule has 0 spiro atoms. The summed E-state index contributed by atoms with van der Waals surface area (Å²) < 4.78 is 0. The van der Waals surface area contributed by atoms with Crippen LogP contribution in [0.15, 0.2) is 24.3 Å². The third-order valence-electron chi connectivity index (χ3n) is 4.26. The number of nitrogens with two attached hydrogens (primary N) is 1. The van der Waals surface area contributed by atoms with E-state index in [2.05, 4.69) is 6.92 Å². The standard InChI is InChI=1S/C17H29NO2/c1-2-3-4-5-6-7-8-10-13-17(16(19)20)14-11-9-12-15(17)18/h9,11-12,14-15H,2-8,10,13,18H2,1H3,(H,19,20). The number of carbonyl (C=O) groups is 1. The van der Waals surface area contributed by atoms with Crippen molar-refractivity contribution in [3.63, 3.8) is 0 Å². The van der Waals surface area contributed by atoms with E-state index in [1.54, 1.807) is 12.2 Å². The SMILES string of the molecule is CCCCCCCCCCC1(C(=O)O)C=CC=CC1N. The van der Waals surface area contributed by atoms with Crippen LogP contribution in [0.4, 0.5) is 0 Å². The summed E-state index contributed by atoms with van der Waals surface area (Å²) in [6.07, 6.45) is 17.6. The first-order chi connectivity index (χ1) is 9.63. The van der Waals surface area contributed by atoms with Crippen molar-refractivity contribution in [1.82, 2.24) is 0 Å². The third-order valence-corrected chi connectivity index (χ3v) is 4.26. The summed E-state index contributed by atoms with van der Waals surface area (Å²) in [6.45, 7) is 2.22. The number of hydrogen-bond acceptors (Lipinski definition) is 2. The minimum Gasteiger partial charge on any atom is -0.481 e. The second kappa shape index (κ2) is 8.96. The van der Waals surface area contributed by atoms with Gasteiger partial charge in [0.15, 0.2) is 0 Å². The smallest absolute Gasteiger partial charge is 0.315 e. The Kier molecular flexibility index (Phi) is 7.60. The molecule has 0 saturated heterocycles.